The highest BCUT2D eigenvalue weighted by atomic mass is 32.2. The van der Waals surface area contributed by atoms with Gasteiger partial charge in [-0.1, -0.05) is 0 Å². The molecule has 0 aliphatic carbocycles. The van der Waals surface area contributed by atoms with Crippen LogP contribution in [0.5, 0.6) is 0 Å². The first-order valence-electron chi connectivity index (χ1n) is 7.43. The number of halogens is 3. The standard InChI is InChI=1S/C13H17F3N4O4S/c1-9-6-12(18-8-11(9)20(21)22)17-7-10-2-4-19(5-3-10)25(23,24)13(14,15)16/h6,8,10H,2-5,7H2,1H3,(H,17,18). The first-order valence-corrected chi connectivity index (χ1v) is 8.87. The molecule has 0 aromatic carbocycles. The fourth-order valence-electron chi connectivity index (χ4n) is 2.59. The van der Waals surface area contributed by atoms with Crippen molar-refractivity contribution >= 4 is 21.5 Å². The zero-order valence-electron chi connectivity index (χ0n) is 13.3. The fraction of sp³-hybridized carbons (Fsp3) is 0.615. The Morgan fingerprint density at radius 3 is 2.48 bits per heavy atom. The third-order valence-corrected chi connectivity index (χ3v) is 5.69. The van der Waals surface area contributed by atoms with E-state index in [1.165, 1.54) is 6.07 Å². The maximum Gasteiger partial charge on any atom is 0.511 e. The van der Waals surface area contributed by atoms with Gasteiger partial charge in [0.05, 0.1) is 4.92 Å². The molecule has 8 nitrogen and oxygen atoms in total. The van der Waals surface area contributed by atoms with Gasteiger partial charge in [0.15, 0.2) is 0 Å². The molecule has 1 aliphatic rings. The summed E-state index contributed by atoms with van der Waals surface area (Å²) in [5.41, 5.74) is -4.94. The summed E-state index contributed by atoms with van der Waals surface area (Å²) in [5.74, 6) is 0.408. The second-order valence-electron chi connectivity index (χ2n) is 5.79. The Morgan fingerprint density at radius 1 is 1.40 bits per heavy atom. The molecule has 0 saturated carbocycles. The number of hydrogen-bond donors (Lipinski definition) is 1. The Morgan fingerprint density at radius 2 is 2.00 bits per heavy atom. The molecule has 1 aromatic heterocycles. The van der Waals surface area contributed by atoms with Crippen LogP contribution in [0.3, 0.4) is 0 Å². The molecule has 0 unspecified atom stereocenters. The average Bonchev–Trinajstić information content (AvgIpc) is 2.52. The number of nitro groups is 1. The van der Waals surface area contributed by atoms with E-state index in [1.807, 2.05) is 0 Å². The predicted molar refractivity (Wildman–Crippen MR) is 83.4 cm³/mol. The molecule has 1 fully saturated rings. The lowest BCUT2D eigenvalue weighted by molar-refractivity contribution is -0.385. The summed E-state index contributed by atoms with van der Waals surface area (Å²) in [4.78, 5) is 14.1. The number of aromatic nitrogens is 1. The number of pyridine rings is 1. The van der Waals surface area contributed by atoms with Crippen LogP contribution in [-0.2, 0) is 10.0 Å². The van der Waals surface area contributed by atoms with Crippen molar-refractivity contribution in [1.82, 2.24) is 9.29 Å². The number of hydrogen-bond acceptors (Lipinski definition) is 6. The van der Waals surface area contributed by atoms with Crippen LogP contribution in [0.4, 0.5) is 24.7 Å². The number of piperidine rings is 1. The van der Waals surface area contributed by atoms with Crippen molar-refractivity contribution in [3.05, 3.63) is 27.9 Å². The second kappa shape index (κ2) is 7.12. The molecule has 0 radical (unpaired) electrons. The van der Waals surface area contributed by atoms with Gasteiger partial charge in [-0.2, -0.15) is 17.5 Å². The lowest BCUT2D eigenvalue weighted by Gasteiger charge is -2.31. The van der Waals surface area contributed by atoms with Gasteiger partial charge in [-0.15, -0.1) is 0 Å². The molecule has 0 amide bonds. The molecule has 140 valence electrons. The fourth-order valence-corrected chi connectivity index (χ4v) is 3.57. The summed E-state index contributed by atoms with van der Waals surface area (Å²) in [6.45, 7) is 1.58. The van der Waals surface area contributed by atoms with Gasteiger partial charge in [-0.3, -0.25) is 10.1 Å². The lowest BCUT2D eigenvalue weighted by atomic mass is 9.98. The Balaban J connectivity index is 1.89. The highest BCUT2D eigenvalue weighted by molar-refractivity contribution is 7.90. The van der Waals surface area contributed by atoms with Gasteiger partial charge in [0.1, 0.15) is 12.0 Å². The third kappa shape index (κ3) is 4.37. The van der Waals surface area contributed by atoms with Gasteiger partial charge in [-0.25, -0.2) is 13.4 Å². The minimum atomic E-state index is -5.28. The van der Waals surface area contributed by atoms with E-state index < -0.39 is 20.5 Å². The summed E-state index contributed by atoms with van der Waals surface area (Å²) < 4.78 is 60.7. The molecule has 25 heavy (non-hydrogen) atoms. The Hall–Kier alpha value is -1.95. The number of nitrogens with zero attached hydrogens (tertiary/aromatic N) is 3. The number of aryl methyl sites for hydroxylation is 1. The van der Waals surface area contributed by atoms with Gasteiger partial charge in [0.2, 0.25) is 0 Å². The van der Waals surface area contributed by atoms with Crippen molar-refractivity contribution in [3.63, 3.8) is 0 Å². The quantitative estimate of drug-likeness (QED) is 0.619. The van der Waals surface area contributed by atoms with Crippen molar-refractivity contribution in [3.8, 4) is 0 Å². The highest BCUT2D eigenvalue weighted by Gasteiger charge is 2.50. The number of nitrogens with one attached hydrogen (secondary N) is 1. The van der Waals surface area contributed by atoms with Gasteiger partial charge in [-0.05, 0) is 31.7 Å². The Bertz CT molecular complexity index is 746. The van der Waals surface area contributed by atoms with E-state index in [0.29, 0.717) is 22.2 Å². The summed E-state index contributed by atoms with van der Waals surface area (Å²) >= 11 is 0. The second-order valence-corrected chi connectivity index (χ2v) is 7.72. The molecule has 0 atom stereocenters. The minimum absolute atomic E-state index is 0.0167. The molecule has 2 heterocycles. The van der Waals surface area contributed by atoms with Crippen molar-refractivity contribution in [2.24, 2.45) is 5.92 Å². The normalized spacial score (nSPS) is 17.4. The van der Waals surface area contributed by atoms with Crippen molar-refractivity contribution < 1.29 is 26.5 Å². The Kier molecular flexibility index (Phi) is 5.52. The molecule has 0 spiro atoms. The van der Waals surface area contributed by atoms with Crippen molar-refractivity contribution in [2.45, 2.75) is 25.3 Å². The van der Waals surface area contributed by atoms with Crippen LogP contribution in [0, 0.1) is 23.0 Å². The van der Waals surface area contributed by atoms with E-state index in [2.05, 4.69) is 10.3 Å². The van der Waals surface area contributed by atoms with Crippen LogP contribution < -0.4 is 5.32 Å². The molecule has 1 aromatic rings. The molecule has 2 rings (SSSR count). The largest absolute Gasteiger partial charge is 0.511 e. The summed E-state index contributed by atoms with van der Waals surface area (Å²) in [7, 11) is -5.27. The van der Waals surface area contributed by atoms with Gasteiger partial charge in [0.25, 0.3) is 5.69 Å². The molecular formula is C13H17F3N4O4S. The van der Waals surface area contributed by atoms with Gasteiger partial charge in [0, 0.05) is 25.2 Å². The maximum atomic E-state index is 12.5. The van der Waals surface area contributed by atoms with Crippen molar-refractivity contribution in [2.75, 3.05) is 25.0 Å². The monoisotopic (exact) mass is 382 g/mol. The molecule has 0 bridgehead atoms. The van der Waals surface area contributed by atoms with Crippen LogP contribution in [-0.4, -0.2) is 47.8 Å². The average molecular weight is 382 g/mol. The zero-order valence-corrected chi connectivity index (χ0v) is 14.1. The summed E-state index contributed by atoms with van der Waals surface area (Å²) in [6.07, 6.45) is 1.71. The number of alkyl halides is 3. The van der Waals surface area contributed by atoms with Crippen LogP contribution in [0.15, 0.2) is 12.3 Å². The first kappa shape index (κ1) is 19.4. The lowest BCUT2D eigenvalue weighted by Crippen LogP contribution is -2.45. The summed E-state index contributed by atoms with van der Waals surface area (Å²) in [5, 5.41) is 13.7. The van der Waals surface area contributed by atoms with Crippen LogP contribution >= 0.6 is 0 Å². The smallest absolute Gasteiger partial charge is 0.370 e. The molecule has 1 aliphatic heterocycles. The van der Waals surface area contributed by atoms with E-state index in [4.69, 9.17) is 0 Å². The van der Waals surface area contributed by atoms with E-state index in [-0.39, 0.29) is 37.5 Å². The highest BCUT2D eigenvalue weighted by Crippen LogP contribution is 2.30. The van der Waals surface area contributed by atoms with Gasteiger partial charge < -0.3 is 5.32 Å². The minimum Gasteiger partial charge on any atom is -0.370 e. The number of anilines is 1. The van der Waals surface area contributed by atoms with E-state index in [0.717, 1.165) is 6.20 Å². The molecular weight excluding hydrogens is 365 g/mol. The topological polar surface area (TPSA) is 105 Å². The number of sulfonamides is 1. The van der Waals surface area contributed by atoms with Crippen molar-refractivity contribution in [1.29, 1.82) is 0 Å². The molecule has 12 heteroatoms. The predicted octanol–water partition coefficient (Wildman–Crippen LogP) is 2.27. The maximum absolute atomic E-state index is 12.5. The van der Waals surface area contributed by atoms with E-state index >= 15 is 0 Å². The molecule has 1 N–H and O–H groups in total. The van der Waals surface area contributed by atoms with E-state index in [9.17, 15) is 31.7 Å². The Labute approximate surface area is 142 Å². The third-order valence-electron chi connectivity index (χ3n) is 4.06. The van der Waals surface area contributed by atoms with Crippen LogP contribution in [0.25, 0.3) is 0 Å². The summed E-state index contributed by atoms with van der Waals surface area (Å²) in [6, 6.07) is 1.52. The van der Waals surface area contributed by atoms with Crippen LogP contribution in [0.2, 0.25) is 0 Å². The SMILES string of the molecule is Cc1cc(NCC2CCN(S(=O)(=O)C(F)(F)F)CC2)ncc1[N+](=O)[O-]. The zero-order chi connectivity index (χ0) is 18.8. The van der Waals surface area contributed by atoms with E-state index in [1.54, 1.807) is 6.92 Å². The number of rotatable bonds is 5. The van der Waals surface area contributed by atoms with Crippen LogP contribution in [0.1, 0.15) is 18.4 Å². The molecule has 1 saturated heterocycles. The van der Waals surface area contributed by atoms with Gasteiger partial charge >= 0.3 is 15.5 Å². The first-order chi connectivity index (χ1) is 11.5.